The van der Waals surface area contributed by atoms with Crippen molar-refractivity contribution in [2.24, 2.45) is 0 Å². The van der Waals surface area contributed by atoms with Crippen LogP contribution < -0.4 is 5.32 Å². The lowest BCUT2D eigenvalue weighted by molar-refractivity contribution is 0.156. The first-order valence-electron chi connectivity index (χ1n) is 23.4. The van der Waals surface area contributed by atoms with E-state index in [-0.39, 0.29) is 0 Å². The second kappa shape index (κ2) is 20.5. The van der Waals surface area contributed by atoms with Crippen LogP contribution in [0, 0.1) is 13.8 Å². The number of hydrogen-bond acceptors (Lipinski definition) is 7. The molecule has 5 aromatic carbocycles. The fourth-order valence-electron chi connectivity index (χ4n) is 9.44. The molecule has 2 saturated carbocycles. The smallest absolute Gasteiger partial charge is 0.226 e. The second-order valence-electron chi connectivity index (χ2n) is 17.7. The summed E-state index contributed by atoms with van der Waals surface area (Å²) in [6.45, 7) is 6.51. The molecule has 8 aromatic rings. The summed E-state index contributed by atoms with van der Waals surface area (Å²) in [5, 5.41) is 8.54. The average molecular weight is 836 g/mol. The van der Waals surface area contributed by atoms with Crippen LogP contribution in [-0.4, -0.2) is 31.9 Å². The largest absolute Gasteiger partial charge is 0.441 e. The van der Waals surface area contributed by atoms with Gasteiger partial charge in [0.2, 0.25) is 11.8 Å². The number of benzene rings is 5. The maximum Gasteiger partial charge on any atom is 0.226 e. The average Bonchev–Trinajstić information content (AvgIpc) is 3.60. The number of aryl methyl sites for hydroxylation is 2. The van der Waals surface area contributed by atoms with E-state index in [1.807, 2.05) is 32.2 Å². The van der Waals surface area contributed by atoms with E-state index in [9.17, 15) is 0 Å². The van der Waals surface area contributed by atoms with Crippen molar-refractivity contribution >= 4 is 21.5 Å². The van der Waals surface area contributed by atoms with Crippen molar-refractivity contribution in [3.63, 3.8) is 0 Å². The number of hydrogen-bond donors (Lipinski definition) is 1. The minimum absolute atomic E-state index is 0.480. The Morgan fingerprint density at radius 3 is 1.54 bits per heavy atom. The molecule has 0 aliphatic heterocycles. The third-order valence-electron chi connectivity index (χ3n) is 13.2. The van der Waals surface area contributed by atoms with Crippen LogP contribution in [0.5, 0.6) is 0 Å². The molecule has 2 fully saturated rings. The highest BCUT2D eigenvalue weighted by Gasteiger charge is 2.26. The molecule has 0 spiro atoms. The van der Waals surface area contributed by atoms with Crippen molar-refractivity contribution in [2.45, 2.75) is 123 Å². The number of nitrogens with zero attached hydrogens (tertiary/aromatic N) is 4. The Balaban J connectivity index is 0.000000201. The first kappa shape index (κ1) is 42.4. The van der Waals surface area contributed by atoms with Crippen molar-refractivity contribution in [2.75, 3.05) is 0 Å². The van der Waals surface area contributed by atoms with Gasteiger partial charge in [0.15, 0.2) is 0 Å². The maximum atomic E-state index is 6.26. The molecule has 2 aliphatic carbocycles. The van der Waals surface area contributed by atoms with E-state index in [1.54, 1.807) is 0 Å². The highest BCUT2D eigenvalue weighted by atomic mass is 16.4. The summed E-state index contributed by atoms with van der Waals surface area (Å²) in [6, 6.07) is 45.6. The van der Waals surface area contributed by atoms with Crippen LogP contribution in [0.25, 0.3) is 55.7 Å². The zero-order valence-electron chi connectivity index (χ0n) is 37.1. The van der Waals surface area contributed by atoms with Crippen LogP contribution in [0.15, 0.2) is 142 Å². The van der Waals surface area contributed by atoms with Crippen LogP contribution in [0.4, 0.5) is 0 Å². The fraction of sp³-hybridized carbons (Fsp3) is 0.339. The zero-order chi connectivity index (χ0) is 42.8. The predicted octanol–water partition coefficient (Wildman–Crippen LogP) is 14.2. The van der Waals surface area contributed by atoms with Gasteiger partial charge in [0, 0.05) is 54.6 Å². The topological polar surface area (TPSA) is 80.2 Å². The quantitative estimate of drug-likeness (QED) is 0.130. The fourth-order valence-corrected chi connectivity index (χ4v) is 9.44. The second-order valence-corrected chi connectivity index (χ2v) is 17.7. The normalized spacial score (nSPS) is 15.3. The monoisotopic (exact) mass is 835 g/mol. The molecule has 0 radical (unpaired) electrons. The summed E-state index contributed by atoms with van der Waals surface area (Å²) in [4.78, 5) is 17.0. The van der Waals surface area contributed by atoms with Gasteiger partial charge < -0.3 is 14.2 Å². The van der Waals surface area contributed by atoms with E-state index in [0.29, 0.717) is 23.9 Å². The molecule has 7 nitrogen and oxygen atoms in total. The Morgan fingerprint density at radius 2 is 1.02 bits per heavy atom. The summed E-state index contributed by atoms with van der Waals surface area (Å²) >= 11 is 0. The minimum Gasteiger partial charge on any atom is -0.441 e. The van der Waals surface area contributed by atoms with Gasteiger partial charge in [-0.1, -0.05) is 142 Å². The molecule has 1 N–H and O–H groups in total. The summed E-state index contributed by atoms with van der Waals surface area (Å²) in [7, 11) is 0. The number of nitrogens with one attached hydrogen (secondary N) is 1. The lowest BCUT2D eigenvalue weighted by Crippen LogP contribution is -2.34. The van der Waals surface area contributed by atoms with E-state index in [4.69, 9.17) is 18.8 Å². The van der Waals surface area contributed by atoms with Crippen molar-refractivity contribution in [1.29, 1.82) is 0 Å². The van der Waals surface area contributed by atoms with Gasteiger partial charge in [-0.05, 0) is 103 Å². The molecule has 3 heterocycles. The van der Waals surface area contributed by atoms with Crippen LogP contribution in [-0.2, 0) is 19.6 Å². The van der Waals surface area contributed by atoms with E-state index < -0.39 is 0 Å². The number of rotatable bonds is 11. The minimum atomic E-state index is 0.480. The number of aromatic nitrogens is 3. The Hall–Kier alpha value is -5.89. The van der Waals surface area contributed by atoms with Crippen LogP contribution in [0.1, 0.15) is 106 Å². The first-order chi connectivity index (χ1) is 31.0. The SMILES string of the molecule is Cc1oc(-c2ccc3ccccc3c2)nc1CN(Cc1nc(-c2ccc3ccccc3c2)oc1C)C1CCCCCC1.c1ccc(-c2ccc(CNC3CCCCCC3)cc2)nc1. The Bertz CT molecular complexity index is 2560. The van der Waals surface area contributed by atoms with Crippen LogP contribution >= 0.6 is 0 Å². The van der Waals surface area contributed by atoms with Crippen molar-refractivity contribution in [3.8, 4) is 34.2 Å². The van der Waals surface area contributed by atoms with Gasteiger partial charge in [0.1, 0.15) is 11.5 Å². The Morgan fingerprint density at radius 1 is 0.524 bits per heavy atom. The van der Waals surface area contributed by atoms with E-state index in [0.717, 1.165) is 59.4 Å². The van der Waals surface area contributed by atoms with Crippen molar-refractivity contribution < 1.29 is 8.83 Å². The Kier molecular flexibility index (Phi) is 13.8. The van der Waals surface area contributed by atoms with E-state index in [1.165, 1.54) is 110 Å². The van der Waals surface area contributed by atoms with Crippen molar-refractivity contribution in [1.82, 2.24) is 25.2 Å². The number of oxazole rings is 2. The molecule has 0 atom stereocenters. The molecule has 0 bridgehead atoms. The van der Waals surface area contributed by atoms with Gasteiger partial charge in [-0.2, -0.15) is 0 Å². The van der Waals surface area contributed by atoms with Gasteiger partial charge in [-0.3, -0.25) is 9.88 Å². The zero-order valence-corrected chi connectivity index (χ0v) is 37.1. The van der Waals surface area contributed by atoms with E-state index in [2.05, 4.69) is 130 Å². The molecule has 3 aromatic heterocycles. The first-order valence-corrected chi connectivity index (χ1v) is 23.4. The van der Waals surface area contributed by atoms with Crippen LogP contribution in [0.2, 0.25) is 0 Å². The molecule has 0 amide bonds. The highest BCUT2D eigenvalue weighted by Crippen LogP contribution is 2.32. The van der Waals surface area contributed by atoms with Crippen LogP contribution in [0.3, 0.4) is 0 Å². The summed E-state index contributed by atoms with van der Waals surface area (Å²) in [5.74, 6) is 3.13. The standard InChI is InChI=1S/C37H37N3O2.C19H24N2/c1-25-34(38-36(41-25)31-19-17-27-11-7-9-13-29(27)21-31)23-40(33-15-5-3-4-6-16-33)24-35-26(2)42-37(39-35)32-20-18-28-12-8-10-14-30(28)22-32;1-2-4-8-18(7-3-1)21-15-16-10-12-17(13-11-16)19-9-5-6-14-20-19/h7-14,17-22,33H,3-6,15-16,23-24H2,1-2H3;5-6,9-14,18,21H,1-4,7-8,15H2. The lowest BCUT2D eigenvalue weighted by Gasteiger charge is -2.30. The predicted molar refractivity (Wildman–Crippen MR) is 257 cm³/mol. The molecule has 7 heteroatoms. The molecule has 0 saturated heterocycles. The molecule has 63 heavy (non-hydrogen) atoms. The third kappa shape index (κ3) is 10.8. The van der Waals surface area contributed by atoms with Gasteiger partial charge in [0.25, 0.3) is 0 Å². The Labute approximate surface area is 373 Å². The molecule has 0 unspecified atom stereocenters. The van der Waals surface area contributed by atoms with Crippen molar-refractivity contribution in [3.05, 3.63) is 162 Å². The molecule has 322 valence electrons. The molecule has 2 aliphatic rings. The molecular formula is C56H61N5O2. The highest BCUT2D eigenvalue weighted by molar-refractivity contribution is 5.87. The molecule has 10 rings (SSSR count). The summed E-state index contributed by atoms with van der Waals surface area (Å²) < 4.78 is 12.5. The third-order valence-corrected chi connectivity index (χ3v) is 13.2. The lowest BCUT2D eigenvalue weighted by atomic mass is 10.1. The summed E-state index contributed by atoms with van der Waals surface area (Å²) in [5.41, 5.74) is 7.61. The maximum absolute atomic E-state index is 6.26. The number of pyridine rings is 1. The van der Waals surface area contributed by atoms with Gasteiger partial charge in [0.05, 0.1) is 17.1 Å². The molecular weight excluding hydrogens is 775 g/mol. The van der Waals surface area contributed by atoms with E-state index >= 15 is 0 Å². The van der Waals surface area contributed by atoms with Gasteiger partial charge >= 0.3 is 0 Å². The number of fused-ring (bicyclic) bond motifs is 2. The van der Waals surface area contributed by atoms with Gasteiger partial charge in [-0.15, -0.1) is 0 Å². The van der Waals surface area contributed by atoms with Gasteiger partial charge in [-0.25, -0.2) is 9.97 Å². The summed E-state index contributed by atoms with van der Waals surface area (Å²) in [6.07, 6.45) is 17.7.